The lowest BCUT2D eigenvalue weighted by Gasteiger charge is -2.11. The highest BCUT2D eigenvalue weighted by Crippen LogP contribution is 2.19. The highest BCUT2D eigenvalue weighted by molar-refractivity contribution is 9.10. The lowest BCUT2D eigenvalue weighted by atomic mass is 9.94. The molecule has 0 aliphatic heterocycles. The quantitative estimate of drug-likeness (QED) is 0.848. The highest BCUT2D eigenvalue weighted by Gasteiger charge is 2.13. The summed E-state index contributed by atoms with van der Waals surface area (Å²) in [6.45, 7) is 0. The van der Waals surface area contributed by atoms with E-state index in [1.165, 1.54) is 6.42 Å². The van der Waals surface area contributed by atoms with Crippen LogP contribution in [0.15, 0.2) is 34.5 Å². The summed E-state index contributed by atoms with van der Waals surface area (Å²) in [6, 6.07) is 3.82. The average Bonchev–Trinajstić information content (AvgIpc) is 2.33. The van der Waals surface area contributed by atoms with E-state index < -0.39 is 0 Å². The lowest BCUT2D eigenvalue weighted by Crippen LogP contribution is -2.09. The first-order valence-corrected chi connectivity index (χ1v) is 6.37. The molecule has 0 unspecified atom stereocenters. The second kappa shape index (κ2) is 5.39. The van der Waals surface area contributed by atoms with E-state index in [1.807, 2.05) is 12.1 Å². The molecule has 0 saturated heterocycles. The van der Waals surface area contributed by atoms with Gasteiger partial charge in [-0.15, -0.1) is 0 Å². The number of halogens is 1. The van der Waals surface area contributed by atoms with Gasteiger partial charge in [-0.1, -0.05) is 6.08 Å². The molecule has 0 aromatic carbocycles. The van der Waals surface area contributed by atoms with Crippen molar-refractivity contribution in [1.82, 2.24) is 4.98 Å². The predicted octanol–water partition coefficient (Wildman–Crippen LogP) is 3.46. The Hall–Kier alpha value is -0.960. The summed E-state index contributed by atoms with van der Waals surface area (Å²) in [6.07, 6.45) is 8.60. The van der Waals surface area contributed by atoms with Crippen LogP contribution in [0, 0.1) is 0 Å². The zero-order valence-electron chi connectivity index (χ0n) is 9.08. The summed E-state index contributed by atoms with van der Waals surface area (Å²) in [5.41, 5.74) is 1.84. The molecule has 0 radical (unpaired) electrons. The molecule has 1 heterocycles. The Kier molecular flexibility index (Phi) is 3.88. The first kappa shape index (κ1) is 11.5. The minimum Gasteiger partial charge on any atom is -0.294 e. The van der Waals surface area contributed by atoms with Gasteiger partial charge in [0.2, 0.25) is 0 Å². The van der Waals surface area contributed by atoms with Crippen LogP contribution in [0.4, 0.5) is 0 Å². The van der Waals surface area contributed by atoms with Crippen molar-refractivity contribution in [2.45, 2.75) is 32.1 Å². The number of carbonyl (C=O) groups excluding carboxylic acids is 1. The van der Waals surface area contributed by atoms with E-state index in [2.05, 4.69) is 27.0 Å². The minimum absolute atomic E-state index is 0.231. The maximum absolute atomic E-state index is 11.9. The predicted molar refractivity (Wildman–Crippen MR) is 67.2 cm³/mol. The van der Waals surface area contributed by atoms with Crippen LogP contribution in [0.3, 0.4) is 0 Å². The maximum atomic E-state index is 11.9. The number of ketones is 1. The third-order valence-electron chi connectivity index (χ3n) is 2.78. The first-order valence-electron chi connectivity index (χ1n) is 5.58. The Labute approximate surface area is 104 Å². The van der Waals surface area contributed by atoms with E-state index in [0.29, 0.717) is 6.42 Å². The molecule has 0 N–H and O–H groups in total. The number of rotatable bonds is 3. The molecule has 3 heteroatoms. The second-order valence-corrected chi connectivity index (χ2v) is 4.96. The number of allylic oxidation sites excluding steroid dienone is 2. The largest absolute Gasteiger partial charge is 0.294 e. The topological polar surface area (TPSA) is 30.0 Å². The fourth-order valence-corrected chi connectivity index (χ4v) is 2.11. The Morgan fingerprint density at radius 3 is 2.88 bits per heavy atom. The number of pyridine rings is 1. The van der Waals surface area contributed by atoms with Crippen LogP contribution in [-0.2, 0) is 11.2 Å². The van der Waals surface area contributed by atoms with E-state index >= 15 is 0 Å². The van der Waals surface area contributed by atoms with Crippen LogP contribution in [0.25, 0.3) is 0 Å². The number of carbonyl (C=O) groups is 1. The molecule has 84 valence electrons. The monoisotopic (exact) mass is 279 g/mol. The summed E-state index contributed by atoms with van der Waals surface area (Å²) in [5, 5.41) is 0. The molecule has 1 aromatic rings. The van der Waals surface area contributed by atoms with Gasteiger partial charge in [-0.25, -0.2) is 0 Å². The van der Waals surface area contributed by atoms with Crippen LogP contribution >= 0.6 is 15.9 Å². The molecular weight excluding hydrogens is 266 g/mol. The number of hydrogen-bond acceptors (Lipinski definition) is 2. The number of Topliss-reactive ketones (excluding diaryl/α,β-unsaturated/α-hetero) is 1. The number of nitrogens with zero attached hydrogens (tertiary/aromatic N) is 1. The standard InChI is InChI=1S/C13H14BrNO/c14-11-6-7-12(15-9-11)8-13(16)10-4-2-1-3-5-10/h4,6-7,9H,1-3,5,8H2. The fourth-order valence-electron chi connectivity index (χ4n) is 1.88. The third-order valence-corrected chi connectivity index (χ3v) is 3.25. The van der Waals surface area contributed by atoms with Crippen molar-refractivity contribution in [2.75, 3.05) is 0 Å². The van der Waals surface area contributed by atoms with Gasteiger partial charge in [0.05, 0.1) is 6.42 Å². The van der Waals surface area contributed by atoms with Crippen molar-refractivity contribution >= 4 is 21.7 Å². The molecule has 16 heavy (non-hydrogen) atoms. The average molecular weight is 280 g/mol. The van der Waals surface area contributed by atoms with Crippen LogP contribution in [-0.4, -0.2) is 10.8 Å². The van der Waals surface area contributed by atoms with Crippen molar-refractivity contribution < 1.29 is 4.79 Å². The molecule has 0 fully saturated rings. The van der Waals surface area contributed by atoms with E-state index in [0.717, 1.165) is 35.0 Å². The van der Waals surface area contributed by atoms with Crippen molar-refractivity contribution in [3.8, 4) is 0 Å². The smallest absolute Gasteiger partial charge is 0.164 e. The minimum atomic E-state index is 0.231. The highest BCUT2D eigenvalue weighted by atomic mass is 79.9. The molecule has 1 aromatic heterocycles. The number of hydrogen-bond donors (Lipinski definition) is 0. The van der Waals surface area contributed by atoms with Crippen LogP contribution in [0.2, 0.25) is 0 Å². The first-order chi connectivity index (χ1) is 7.75. The molecule has 0 spiro atoms. The zero-order valence-corrected chi connectivity index (χ0v) is 10.7. The summed E-state index contributed by atoms with van der Waals surface area (Å²) in [7, 11) is 0. The zero-order chi connectivity index (χ0) is 11.4. The second-order valence-electron chi connectivity index (χ2n) is 4.04. The molecule has 2 rings (SSSR count). The lowest BCUT2D eigenvalue weighted by molar-refractivity contribution is -0.115. The summed E-state index contributed by atoms with van der Waals surface area (Å²) in [4.78, 5) is 16.2. The SMILES string of the molecule is O=C(Cc1ccc(Br)cn1)C1=CCCCC1. The summed E-state index contributed by atoms with van der Waals surface area (Å²) < 4.78 is 0.945. The van der Waals surface area contributed by atoms with Crippen LogP contribution < -0.4 is 0 Å². The Balaban J connectivity index is 2.01. The van der Waals surface area contributed by atoms with Gasteiger partial charge < -0.3 is 0 Å². The molecule has 0 bridgehead atoms. The Morgan fingerprint density at radius 1 is 1.38 bits per heavy atom. The number of aromatic nitrogens is 1. The van der Waals surface area contributed by atoms with Gasteiger partial charge in [0.25, 0.3) is 0 Å². The normalized spacial score (nSPS) is 15.7. The molecule has 0 saturated carbocycles. The van der Waals surface area contributed by atoms with E-state index in [-0.39, 0.29) is 5.78 Å². The molecule has 1 aliphatic carbocycles. The van der Waals surface area contributed by atoms with Gasteiger partial charge in [-0.2, -0.15) is 0 Å². The van der Waals surface area contributed by atoms with Crippen LogP contribution in [0.1, 0.15) is 31.4 Å². The van der Waals surface area contributed by atoms with Crippen molar-refractivity contribution in [3.63, 3.8) is 0 Å². The molecular formula is C13H14BrNO. The molecule has 0 amide bonds. The van der Waals surface area contributed by atoms with E-state index in [9.17, 15) is 4.79 Å². The summed E-state index contributed by atoms with van der Waals surface area (Å²) in [5.74, 6) is 0.231. The van der Waals surface area contributed by atoms with Gasteiger partial charge in [0, 0.05) is 16.4 Å². The van der Waals surface area contributed by atoms with Crippen molar-refractivity contribution in [2.24, 2.45) is 0 Å². The summed E-state index contributed by atoms with van der Waals surface area (Å²) >= 11 is 3.33. The van der Waals surface area contributed by atoms with Crippen molar-refractivity contribution in [1.29, 1.82) is 0 Å². The van der Waals surface area contributed by atoms with Gasteiger partial charge in [-0.3, -0.25) is 9.78 Å². The van der Waals surface area contributed by atoms with Crippen molar-refractivity contribution in [3.05, 3.63) is 40.1 Å². The third kappa shape index (κ3) is 3.01. The van der Waals surface area contributed by atoms with E-state index in [1.54, 1.807) is 6.20 Å². The van der Waals surface area contributed by atoms with Crippen LogP contribution in [0.5, 0.6) is 0 Å². The molecule has 2 nitrogen and oxygen atoms in total. The van der Waals surface area contributed by atoms with Gasteiger partial charge in [0.15, 0.2) is 5.78 Å². The fraction of sp³-hybridized carbons (Fsp3) is 0.385. The maximum Gasteiger partial charge on any atom is 0.164 e. The van der Waals surface area contributed by atoms with Gasteiger partial charge >= 0.3 is 0 Å². The van der Waals surface area contributed by atoms with Gasteiger partial charge in [-0.05, 0) is 59.3 Å². The molecule has 1 aliphatic rings. The van der Waals surface area contributed by atoms with E-state index in [4.69, 9.17) is 0 Å². The molecule has 0 atom stereocenters. The Bertz CT molecular complexity index is 408. The Morgan fingerprint density at radius 2 is 2.25 bits per heavy atom. The van der Waals surface area contributed by atoms with Gasteiger partial charge in [0.1, 0.15) is 0 Å².